The van der Waals surface area contributed by atoms with Crippen LogP contribution in [0.2, 0.25) is 0 Å². The molecule has 1 aliphatic heterocycles. The number of ether oxygens (including phenoxy) is 1. The van der Waals surface area contributed by atoms with Gasteiger partial charge in [-0.25, -0.2) is 15.8 Å². The van der Waals surface area contributed by atoms with Crippen molar-refractivity contribution >= 4 is 11.6 Å². The molecule has 6 nitrogen and oxygen atoms in total. The summed E-state index contributed by atoms with van der Waals surface area (Å²) < 4.78 is 5.42. The normalized spacial score (nSPS) is 18.6. The molecule has 1 saturated heterocycles. The van der Waals surface area contributed by atoms with Crippen molar-refractivity contribution in [1.29, 1.82) is 0 Å². The van der Waals surface area contributed by atoms with Crippen molar-refractivity contribution in [3.63, 3.8) is 0 Å². The van der Waals surface area contributed by atoms with Gasteiger partial charge in [-0.3, -0.25) is 0 Å². The molecule has 2 heterocycles. The van der Waals surface area contributed by atoms with Gasteiger partial charge in [0, 0.05) is 30.2 Å². The smallest absolute Gasteiger partial charge is 0.145 e. The minimum absolute atomic E-state index is 0.00757. The molecule has 2 rings (SSSR count). The van der Waals surface area contributed by atoms with E-state index in [1.54, 1.807) is 0 Å². The van der Waals surface area contributed by atoms with E-state index in [2.05, 4.69) is 48.4 Å². The van der Waals surface area contributed by atoms with Gasteiger partial charge in [0.1, 0.15) is 17.5 Å². The maximum Gasteiger partial charge on any atom is 0.145 e. The summed E-state index contributed by atoms with van der Waals surface area (Å²) in [6.45, 7) is 10.0. The number of nitrogens with two attached hydrogens (primary N) is 1. The van der Waals surface area contributed by atoms with Gasteiger partial charge < -0.3 is 15.5 Å². The molecule has 0 aromatic carbocycles. The summed E-state index contributed by atoms with van der Waals surface area (Å²) in [5.74, 6) is 7.71. The number of nitrogen functional groups attached to an aromatic ring is 1. The molecule has 0 spiro atoms. The van der Waals surface area contributed by atoms with E-state index in [0.29, 0.717) is 5.82 Å². The molecular weight excluding hydrogens is 254 g/mol. The fourth-order valence-corrected chi connectivity index (χ4v) is 2.18. The van der Waals surface area contributed by atoms with Crippen molar-refractivity contribution in [1.82, 2.24) is 9.97 Å². The Morgan fingerprint density at radius 1 is 1.20 bits per heavy atom. The average Bonchev–Trinajstić information content (AvgIpc) is 2.37. The van der Waals surface area contributed by atoms with E-state index < -0.39 is 0 Å². The molecule has 1 aromatic heterocycles. The number of hydrazine groups is 1. The van der Waals surface area contributed by atoms with Gasteiger partial charge in [-0.1, -0.05) is 20.8 Å². The van der Waals surface area contributed by atoms with Gasteiger partial charge in [-0.15, -0.1) is 0 Å². The van der Waals surface area contributed by atoms with Gasteiger partial charge in [-0.05, 0) is 19.8 Å². The van der Waals surface area contributed by atoms with E-state index in [9.17, 15) is 0 Å². The lowest BCUT2D eigenvalue weighted by Gasteiger charge is -2.35. The van der Waals surface area contributed by atoms with Gasteiger partial charge in [0.2, 0.25) is 0 Å². The molecule has 20 heavy (non-hydrogen) atoms. The number of aromatic nitrogens is 2. The molecule has 0 amide bonds. The zero-order valence-electron chi connectivity index (χ0n) is 12.8. The highest BCUT2D eigenvalue weighted by atomic mass is 16.5. The van der Waals surface area contributed by atoms with Crippen LogP contribution in [0, 0.1) is 0 Å². The molecule has 0 saturated carbocycles. The lowest BCUT2D eigenvalue weighted by molar-refractivity contribution is 0.0657. The monoisotopic (exact) mass is 279 g/mol. The van der Waals surface area contributed by atoms with Crippen molar-refractivity contribution in [3.05, 3.63) is 11.9 Å². The molecular formula is C14H25N5O. The molecule has 1 aromatic rings. The van der Waals surface area contributed by atoms with Crippen LogP contribution in [-0.2, 0) is 10.2 Å². The van der Waals surface area contributed by atoms with Gasteiger partial charge in [0.25, 0.3) is 0 Å². The number of nitrogens with zero attached hydrogens (tertiary/aromatic N) is 2. The summed E-state index contributed by atoms with van der Waals surface area (Å²) in [4.78, 5) is 9.06. The van der Waals surface area contributed by atoms with Crippen LogP contribution in [0.3, 0.4) is 0 Å². The van der Waals surface area contributed by atoms with E-state index in [1.807, 2.05) is 6.07 Å². The molecule has 0 radical (unpaired) electrons. The second-order valence-electron chi connectivity index (χ2n) is 6.65. The van der Waals surface area contributed by atoms with Crippen LogP contribution in [-0.4, -0.2) is 28.7 Å². The van der Waals surface area contributed by atoms with Gasteiger partial charge >= 0.3 is 0 Å². The molecule has 0 unspecified atom stereocenters. The van der Waals surface area contributed by atoms with Gasteiger partial charge in [-0.2, -0.15) is 0 Å². The minimum Gasteiger partial charge on any atom is -0.381 e. The highest BCUT2D eigenvalue weighted by molar-refractivity contribution is 5.49. The van der Waals surface area contributed by atoms with Crippen LogP contribution in [0.25, 0.3) is 0 Å². The standard InChI is InChI=1S/C14H25N5O/c1-13(2,3)12-16-10(9-11(17-12)19-15)18-14(4)5-7-20-8-6-14/h9H,5-8,15H2,1-4H3,(H2,16,17,18,19). The second-order valence-corrected chi connectivity index (χ2v) is 6.65. The van der Waals surface area contributed by atoms with E-state index in [0.717, 1.165) is 37.7 Å². The first-order valence-electron chi connectivity index (χ1n) is 7.04. The highest BCUT2D eigenvalue weighted by Crippen LogP contribution is 2.27. The van der Waals surface area contributed by atoms with Gasteiger partial charge in [0.15, 0.2) is 0 Å². The molecule has 1 fully saturated rings. The molecule has 0 aliphatic carbocycles. The van der Waals surface area contributed by atoms with Crippen molar-refractivity contribution in [2.75, 3.05) is 24.0 Å². The Labute approximate surface area is 120 Å². The number of nitrogens with one attached hydrogen (secondary N) is 2. The lowest BCUT2D eigenvalue weighted by Crippen LogP contribution is -2.41. The Kier molecular flexibility index (Phi) is 4.15. The molecule has 4 N–H and O–H groups in total. The Morgan fingerprint density at radius 2 is 1.80 bits per heavy atom. The largest absolute Gasteiger partial charge is 0.381 e. The van der Waals surface area contributed by atoms with E-state index in [1.165, 1.54) is 0 Å². The predicted molar refractivity (Wildman–Crippen MR) is 80.6 cm³/mol. The highest BCUT2D eigenvalue weighted by Gasteiger charge is 2.28. The van der Waals surface area contributed by atoms with Crippen molar-refractivity contribution in [2.24, 2.45) is 5.84 Å². The Hall–Kier alpha value is -1.40. The first-order chi connectivity index (χ1) is 9.32. The third-order valence-corrected chi connectivity index (χ3v) is 3.57. The van der Waals surface area contributed by atoms with Crippen LogP contribution in [0.4, 0.5) is 11.6 Å². The maximum atomic E-state index is 5.51. The summed E-state index contributed by atoms with van der Waals surface area (Å²) in [6.07, 6.45) is 1.93. The predicted octanol–water partition coefficient (Wildman–Crippen LogP) is 2.04. The van der Waals surface area contributed by atoms with Crippen molar-refractivity contribution in [3.8, 4) is 0 Å². The molecule has 0 bridgehead atoms. The quantitative estimate of drug-likeness (QED) is 0.580. The first kappa shape index (κ1) is 15.0. The Bertz CT molecular complexity index is 463. The third kappa shape index (κ3) is 3.58. The van der Waals surface area contributed by atoms with Crippen LogP contribution in [0.5, 0.6) is 0 Å². The van der Waals surface area contributed by atoms with Crippen LogP contribution >= 0.6 is 0 Å². The number of hydrogen-bond donors (Lipinski definition) is 3. The van der Waals surface area contributed by atoms with Crippen LogP contribution < -0.4 is 16.6 Å². The van der Waals surface area contributed by atoms with E-state index >= 15 is 0 Å². The average molecular weight is 279 g/mol. The fourth-order valence-electron chi connectivity index (χ4n) is 2.18. The summed E-state index contributed by atoms with van der Waals surface area (Å²) in [5.41, 5.74) is 2.50. The zero-order valence-corrected chi connectivity index (χ0v) is 12.8. The van der Waals surface area contributed by atoms with Crippen molar-refractivity contribution < 1.29 is 4.74 Å². The summed E-state index contributed by atoms with van der Waals surface area (Å²) >= 11 is 0. The number of anilines is 2. The third-order valence-electron chi connectivity index (χ3n) is 3.57. The van der Waals surface area contributed by atoms with Crippen molar-refractivity contribution in [2.45, 2.75) is 51.5 Å². The first-order valence-corrected chi connectivity index (χ1v) is 7.04. The number of rotatable bonds is 3. The Morgan fingerprint density at radius 3 is 2.35 bits per heavy atom. The summed E-state index contributed by atoms with van der Waals surface area (Å²) in [5, 5.41) is 3.52. The van der Waals surface area contributed by atoms with E-state index in [-0.39, 0.29) is 11.0 Å². The lowest BCUT2D eigenvalue weighted by atomic mass is 9.92. The molecule has 0 atom stereocenters. The van der Waals surface area contributed by atoms with Gasteiger partial charge in [0.05, 0.1) is 0 Å². The topological polar surface area (TPSA) is 85.1 Å². The van der Waals surface area contributed by atoms with E-state index in [4.69, 9.17) is 10.6 Å². The second kappa shape index (κ2) is 5.54. The minimum atomic E-state index is -0.125. The zero-order chi connectivity index (χ0) is 14.8. The molecule has 1 aliphatic rings. The Balaban J connectivity index is 2.26. The summed E-state index contributed by atoms with van der Waals surface area (Å²) in [7, 11) is 0. The maximum absolute atomic E-state index is 5.51. The fraction of sp³-hybridized carbons (Fsp3) is 0.714. The number of hydrogen-bond acceptors (Lipinski definition) is 6. The van der Waals surface area contributed by atoms with Crippen LogP contribution in [0.1, 0.15) is 46.4 Å². The van der Waals surface area contributed by atoms with Crippen LogP contribution in [0.15, 0.2) is 6.07 Å². The summed E-state index contributed by atoms with van der Waals surface area (Å²) in [6, 6.07) is 1.84. The molecule has 112 valence electrons. The SMILES string of the molecule is CC1(Nc2cc(NN)nc(C(C)(C)C)n2)CCOCC1. The molecule has 6 heteroatoms.